The van der Waals surface area contributed by atoms with E-state index in [2.05, 4.69) is 26.6 Å². The van der Waals surface area contributed by atoms with Gasteiger partial charge in [0, 0.05) is 18.7 Å². The maximum absolute atomic E-state index is 10.7. The third-order valence-electron chi connectivity index (χ3n) is 4.74. The first-order valence-electron chi connectivity index (χ1n) is 9.89. The average Bonchev–Trinajstić information content (AvgIpc) is 3.13. The molecule has 1 aromatic carbocycles. The maximum Gasteiger partial charge on any atom is 0.191 e. The van der Waals surface area contributed by atoms with Gasteiger partial charge in [-0.2, -0.15) is 0 Å². The minimum Gasteiger partial charge on any atom is -0.496 e. The van der Waals surface area contributed by atoms with Crippen molar-refractivity contribution in [3.8, 4) is 5.75 Å². The maximum atomic E-state index is 10.7. The van der Waals surface area contributed by atoms with Gasteiger partial charge in [0.25, 0.3) is 0 Å². The van der Waals surface area contributed by atoms with Crippen molar-refractivity contribution in [2.45, 2.75) is 32.4 Å². The molecule has 168 valence electrons. The van der Waals surface area contributed by atoms with Crippen molar-refractivity contribution in [1.82, 2.24) is 15.5 Å². The fourth-order valence-electron chi connectivity index (χ4n) is 3.08. The molecular weight excluding hydrogens is 495 g/mol. The number of aliphatic imine (C=N–C) groups is 1. The van der Waals surface area contributed by atoms with E-state index in [0.29, 0.717) is 18.3 Å². The fraction of sp³-hybridized carbons (Fsp3) is 0.500. The van der Waals surface area contributed by atoms with Gasteiger partial charge in [0.1, 0.15) is 22.9 Å². The fourth-order valence-corrected chi connectivity index (χ4v) is 3.08. The highest BCUT2D eigenvalue weighted by atomic mass is 127. The molecule has 0 aliphatic rings. The van der Waals surface area contributed by atoms with Gasteiger partial charge in [-0.15, -0.1) is 24.0 Å². The number of nitrogens with one attached hydrogen (secondary N) is 2. The number of benzene rings is 1. The Labute approximate surface area is 196 Å². The lowest BCUT2D eigenvalue weighted by Crippen LogP contribution is -2.42. The molecule has 2 aromatic rings. The lowest BCUT2D eigenvalue weighted by atomic mass is 10.0. The SMILES string of the molecule is CCNC(=NCC(C)(O)c1ccc(C)o1)NCC(c1ccccc1OC)N(C)C.I. The van der Waals surface area contributed by atoms with Gasteiger partial charge in [0.15, 0.2) is 5.96 Å². The van der Waals surface area contributed by atoms with Gasteiger partial charge in [0.05, 0.1) is 19.7 Å². The number of ether oxygens (including phenoxy) is 1. The van der Waals surface area contributed by atoms with Crippen LogP contribution in [0.2, 0.25) is 0 Å². The molecule has 0 saturated carbocycles. The number of nitrogens with zero attached hydrogens (tertiary/aromatic N) is 2. The van der Waals surface area contributed by atoms with E-state index < -0.39 is 5.60 Å². The molecule has 0 spiro atoms. The second kappa shape index (κ2) is 12.2. The number of aryl methyl sites for hydroxylation is 1. The van der Waals surface area contributed by atoms with E-state index >= 15 is 0 Å². The number of furan rings is 1. The first-order valence-corrected chi connectivity index (χ1v) is 9.89. The highest BCUT2D eigenvalue weighted by Crippen LogP contribution is 2.27. The third kappa shape index (κ3) is 7.17. The van der Waals surface area contributed by atoms with Crippen LogP contribution in [-0.4, -0.2) is 56.8 Å². The second-order valence-electron chi connectivity index (χ2n) is 7.48. The van der Waals surface area contributed by atoms with Crippen molar-refractivity contribution in [2.24, 2.45) is 4.99 Å². The molecule has 2 unspecified atom stereocenters. The molecule has 0 fully saturated rings. The van der Waals surface area contributed by atoms with Gasteiger partial charge in [0.2, 0.25) is 0 Å². The van der Waals surface area contributed by atoms with Gasteiger partial charge in [-0.1, -0.05) is 18.2 Å². The molecule has 3 N–H and O–H groups in total. The zero-order valence-corrected chi connectivity index (χ0v) is 21.1. The number of hydrogen-bond donors (Lipinski definition) is 3. The van der Waals surface area contributed by atoms with Crippen LogP contribution in [0.3, 0.4) is 0 Å². The highest BCUT2D eigenvalue weighted by molar-refractivity contribution is 14.0. The van der Waals surface area contributed by atoms with Gasteiger partial charge < -0.3 is 29.8 Å². The Bertz CT molecular complexity index is 805. The Morgan fingerprint density at radius 1 is 1.23 bits per heavy atom. The number of likely N-dealkylation sites (N-methyl/N-ethyl adjacent to an activating group) is 1. The summed E-state index contributed by atoms with van der Waals surface area (Å²) < 4.78 is 11.1. The van der Waals surface area contributed by atoms with Crippen molar-refractivity contribution in [3.63, 3.8) is 0 Å². The number of aliphatic hydroxyl groups is 1. The molecule has 0 radical (unpaired) electrons. The Balaban J connectivity index is 0.00000450. The quantitative estimate of drug-likeness (QED) is 0.262. The molecule has 0 saturated heterocycles. The number of guanidine groups is 1. The van der Waals surface area contributed by atoms with Crippen LogP contribution >= 0.6 is 24.0 Å². The monoisotopic (exact) mass is 530 g/mol. The number of methoxy groups -OCH3 is 1. The van der Waals surface area contributed by atoms with E-state index in [9.17, 15) is 5.11 Å². The summed E-state index contributed by atoms with van der Waals surface area (Å²) in [7, 11) is 5.75. The van der Waals surface area contributed by atoms with E-state index in [0.717, 1.165) is 23.6 Å². The van der Waals surface area contributed by atoms with Crippen molar-refractivity contribution < 1.29 is 14.3 Å². The van der Waals surface area contributed by atoms with Gasteiger partial charge in [-0.25, -0.2) is 4.99 Å². The summed E-state index contributed by atoms with van der Waals surface area (Å²) in [6, 6.07) is 11.7. The number of halogens is 1. The lowest BCUT2D eigenvalue weighted by molar-refractivity contribution is 0.0428. The average molecular weight is 530 g/mol. The number of rotatable bonds is 9. The topological polar surface area (TPSA) is 82.3 Å². The summed E-state index contributed by atoms with van der Waals surface area (Å²) in [5.74, 6) is 2.76. The molecule has 0 bridgehead atoms. The molecule has 2 atom stereocenters. The molecule has 8 heteroatoms. The first kappa shape index (κ1) is 26.3. The molecule has 7 nitrogen and oxygen atoms in total. The van der Waals surface area contributed by atoms with Crippen LogP contribution in [0, 0.1) is 6.92 Å². The first-order chi connectivity index (χ1) is 13.8. The minimum absolute atomic E-state index is 0. The van der Waals surface area contributed by atoms with E-state index in [-0.39, 0.29) is 36.6 Å². The molecule has 0 aliphatic heterocycles. The Kier molecular flexibility index (Phi) is 10.6. The highest BCUT2D eigenvalue weighted by Gasteiger charge is 2.27. The molecule has 2 rings (SSSR count). The van der Waals surface area contributed by atoms with Crippen molar-refractivity contribution in [1.29, 1.82) is 0 Å². The predicted molar refractivity (Wildman–Crippen MR) is 132 cm³/mol. The Hall–Kier alpha value is -1.78. The van der Waals surface area contributed by atoms with Gasteiger partial charge in [-0.05, 0) is 53.1 Å². The van der Waals surface area contributed by atoms with Gasteiger partial charge >= 0.3 is 0 Å². The van der Waals surface area contributed by atoms with E-state index in [1.807, 2.05) is 52.2 Å². The van der Waals surface area contributed by atoms with E-state index in [4.69, 9.17) is 9.15 Å². The number of para-hydroxylation sites is 1. The summed E-state index contributed by atoms with van der Waals surface area (Å²) in [6.07, 6.45) is 0. The molecular formula is C22H35IN4O3. The van der Waals surface area contributed by atoms with Crippen LogP contribution in [0.4, 0.5) is 0 Å². The van der Waals surface area contributed by atoms with E-state index in [1.54, 1.807) is 20.1 Å². The summed E-state index contributed by atoms with van der Waals surface area (Å²) in [6.45, 7) is 7.09. The van der Waals surface area contributed by atoms with Gasteiger partial charge in [-0.3, -0.25) is 0 Å². The molecule has 0 amide bonds. The standard InChI is InChI=1S/C22H34N4O3.HI/c1-7-23-21(25-15-22(3,27)20-13-12-16(2)29-20)24-14-18(26(4)5)17-10-8-9-11-19(17)28-6;/h8-13,18,27H,7,14-15H2,1-6H3,(H2,23,24,25);1H. The van der Waals surface area contributed by atoms with Crippen LogP contribution in [0.25, 0.3) is 0 Å². The Morgan fingerprint density at radius 3 is 2.50 bits per heavy atom. The largest absolute Gasteiger partial charge is 0.496 e. The minimum atomic E-state index is -1.18. The third-order valence-corrected chi connectivity index (χ3v) is 4.74. The smallest absolute Gasteiger partial charge is 0.191 e. The number of hydrogen-bond acceptors (Lipinski definition) is 5. The van der Waals surface area contributed by atoms with E-state index in [1.165, 1.54) is 0 Å². The Morgan fingerprint density at radius 2 is 1.93 bits per heavy atom. The van der Waals surface area contributed by atoms with Crippen molar-refractivity contribution in [2.75, 3.05) is 40.8 Å². The molecule has 1 aromatic heterocycles. The van der Waals surface area contributed by atoms with Crippen LogP contribution in [0.5, 0.6) is 5.75 Å². The predicted octanol–water partition coefficient (Wildman–Crippen LogP) is 3.28. The molecule has 30 heavy (non-hydrogen) atoms. The van der Waals surface area contributed by atoms with Crippen LogP contribution in [0.1, 0.15) is 37.0 Å². The van der Waals surface area contributed by atoms with Crippen LogP contribution in [0.15, 0.2) is 45.8 Å². The normalized spacial score (nSPS) is 14.6. The van der Waals surface area contributed by atoms with Crippen LogP contribution in [-0.2, 0) is 5.60 Å². The molecule has 0 aliphatic carbocycles. The second-order valence-corrected chi connectivity index (χ2v) is 7.48. The summed E-state index contributed by atoms with van der Waals surface area (Å²) >= 11 is 0. The lowest BCUT2D eigenvalue weighted by Gasteiger charge is -2.27. The zero-order valence-electron chi connectivity index (χ0n) is 18.7. The van der Waals surface area contributed by atoms with Crippen molar-refractivity contribution >= 4 is 29.9 Å². The summed E-state index contributed by atoms with van der Waals surface area (Å²) in [5.41, 5.74) is -0.0818. The zero-order chi connectivity index (χ0) is 21.4. The van der Waals surface area contributed by atoms with Crippen molar-refractivity contribution in [3.05, 3.63) is 53.5 Å². The summed E-state index contributed by atoms with van der Waals surface area (Å²) in [5, 5.41) is 17.4. The molecule has 1 heterocycles. The van der Waals surface area contributed by atoms with Crippen LogP contribution < -0.4 is 15.4 Å². The summed E-state index contributed by atoms with van der Waals surface area (Å²) in [4.78, 5) is 6.71.